The van der Waals surface area contributed by atoms with E-state index in [0.717, 1.165) is 31.6 Å². The van der Waals surface area contributed by atoms with Crippen molar-refractivity contribution in [3.8, 4) is 5.75 Å². The van der Waals surface area contributed by atoms with E-state index in [9.17, 15) is 4.79 Å². The summed E-state index contributed by atoms with van der Waals surface area (Å²) in [5.74, 6) is 1.07. The molecule has 4 heteroatoms. The molecule has 0 bridgehead atoms. The zero-order chi connectivity index (χ0) is 24.4. The standard InChI is InChI=1S/C20H27NO.C10H20O2/c1-21-14-13-20(17-8-3-2-4-9-17)22-19-12-11-16-7-5-6-10-18(16)15-19;1-2-3-4-5-6-7-8-9-10(11)12/h5-7,10-12,15,17,20-21H,2-4,8-9,13-14H2,1H3;2-9H2,1H3,(H,11,12). The molecule has 1 atom stereocenters. The molecule has 2 N–H and O–H groups in total. The lowest BCUT2D eigenvalue weighted by molar-refractivity contribution is -0.137. The molecule has 1 aliphatic carbocycles. The molecule has 0 aromatic heterocycles. The summed E-state index contributed by atoms with van der Waals surface area (Å²) in [6, 6.07) is 15.0. The van der Waals surface area contributed by atoms with E-state index in [1.807, 2.05) is 7.05 Å². The van der Waals surface area contributed by atoms with Crippen LogP contribution in [-0.4, -0.2) is 30.8 Å². The van der Waals surface area contributed by atoms with Gasteiger partial charge in [-0.05, 0) is 68.1 Å². The van der Waals surface area contributed by atoms with Crippen molar-refractivity contribution in [1.29, 1.82) is 0 Å². The number of unbranched alkanes of at least 4 members (excludes halogenated alkanes) is 6. The molecule has 1 unspecified atom stereocenters. The van der Waals surface area contributed by atoms with Gasteiger partial charge in [-0.3, -0.25) is 4.79 Å². The molecule has 1 saturated carbocycles. The third-order valence-corrected chi connectivity index (χ3v) is 6.86. The number of hydrogen-bond donors (Lipinski definition) is 2. The van der Waals surface area contributed by atoms with Gasteiger partial charge >= 0.3 is 5.97 Å². The first kappa shape index (κ1) is 28.2. The van der Waals surface area contributed by atoms with Crippen LogP contribution in [0.15, 0.2) is 42.5 Å². The molecule has 4 nitrogen and oxygen atoms in total. The summed E-state index contributed by atoms with van der Waals surface area (Å²) in [5.41, 5.74) is 0. The summed E-state index contributed by atoms with van der Waals surface area (Å²) in [6.07, 6.45) is 16.8. The first-order valence-corrected chi connectivity index (χ1v) is 13.7. The number of carboxylic acids is 1. The second kappa shape index (κ2) is 17.4. The highest BCUT2D eigenvalue weighted by molar-refractivity contribution is 5.83. The lowest BCUT2D eigenvalue weighted by Gasteiger charge is -2.31. The number of rotatable bonds is 14. The Morgan fingerprint density at radius 3 is 2.32 bits per heavy atom. The average molecular weight is 470 g/mol. The van der Waals surface area contributed by atoms with Crippen LogP contribution in [0.4, 0.5) is 0 Å². The molecule has 0 saturated heterocycles. The van der Waals surface area contributed by atoms with Crippen LogP contribution in [0.3, 0.4) is 0 Å². The van der Waals surface area contributed by atoms with Gasteiger partial charge in [0.25, 0.3) is 0 Å². The normalized spacial score (nSPS) is 14.9. The van der Waals surface area contributed by atoms with Crippen LogP contribution in [-0.2, 0) is 4.79 Å². The van der Waals surface area contributed by atoms with Crippen molar-refractivity contribution in [2.75, 3.05) is 13.6 Å². The third kappa shape index (κ3) is 11.4. The van der Waals surface area contributed by atoms with Crippen LogP contribution in [0.2, 0.25) is 0 Å². The van der Waals surface area contributed by atoms with Crippen molar-refractivity contribution < 1.29 is 14.6 Å². The Morgan fingerprint density at radius 2 is 1.65 bits per heavy atom. The first-order chi connectivity index (χ1) is 16.6. The van der Waals surface area contributed by atoms with Gasteiger partial charge in [-0.15, -0.1) is 0 Å². The molecule has 0 heterocycles. The molecular formula is C30H47NO3. The van der Waals surface area contributed by atoms with Gasteiger partial charge in [0.1, 0.15) is 11.9 Å². The zero-order valence-corrected chi connectivity index (χ0v) is 21.6. The Kier molecular flexibility index (Phi) is 14.4. The topological polar surface area (TPSA) is 58.6 Å². The highest BCUT2D eigenvalue weighted by atomic mass is 16.5. The SMILES string of the molecule is CCCCCCCCCC(=O)O.CNCCC(Oc1ccc2ccccc2c1)C1CCCCC1. The highest BCUT2D eigenvalue weighted by Crippen LogP contribution is 2.31. The van der Waals surface area contributed by atoms with Crippen LogP contribution in [0.1, 0.15) is 96.8 Å². The minimum atomic E-state index is -0.663. The van der Waals surface area contributed by atoms with Crippen LogP contribution in [0.25, 0.3) is 10.8 Å². The molecule has 2 aromatic carbocycles. The fourth-order valence-corrected chi connectivity index (χ4v) is 4.83. The van der Waals surface area contributed by atoms with Crippen molar-refractivity contribution in [2.45, 2.75) is 103 Å². The molecule has 34 heavy (non-hydrogen) atoms. The van der Waals surface area contributed by atoms with E-state index < -0.39 is 5.97 Å². The molecule has 0 radical (unpaired) electrons. The maximum atomic E-state index is 10.1. The van der Waals surface area contributed by atoms with Crippen molar-refractivity contribution >= 4 is 16.7 Å². The lowest BCUT2D eigenvalue weighted by Crippen LogP contribution is -2.31. The molecule has 3 rings (SSSR count). The minimum Gasteiger partial charge on any atom is -0.490 e. The molecule has 190 valence electrons. The van der Waals surface area contributed by atoms with E-state index in [4.69, 9.17) is 9.84 Å². The highest BCUT2D eigenvalue weighted by Gasteiger charge is 2.25. The average Bonchev–Trinajstić information content (AvgIpc) is 2.86. The number of carbonyl (C=O) groups is 1. The van der Waals surface area contributed by atoms with Crippen molar-refractivity contribution in [2.24, 2.45) is 5.92 Å². The summed E-state index contributed by atoms with van der Waals surface area (Å²) < 4.78 is 6.42. The smallest absolute Gasteiger partial charge is 0.303 e. The monoisotopic (exact) mass is 469 g/mol. The minimum absolute atomic E-state index is 0.341. The van der Waals surface area contributed by atoms with Crippen LogP contribution in [0.5, 0.6) is 5.75 Å². The summed E-state index contributed by atoms with van der Waals surface area (Å²) in [5, 5.41) is 14.2. The predicted octanol–water partition coefficient (Wildman–Crippen LogP) is 7.99. The van der Waals surface area contributed by atoms with E-state index >= 15 is 0 Å². The molecule has 0 amide bonds. The maximum Gasteiger partial charge on any atom is 0.303 e. The first-order valence-electron chi connectivity index (χ1n) is 13.7. The summed E-state index contributed by atoms with van der Waals surface area (Å²) in [6.45, 7) is 3.22. The number of carboxylic acid groups (broad SMARTS) is 1. The summed E-state index contributed by atoms with van der Waals surface area (Å²) in [7, 11) is 2.02. The molecule has 2 aromatic rings. The second-order valence-corrected chi connectivity index (χ2v) is 9.72. The largest absolute Gasteiger partial charge is 0.490 e. The number of hydrogen-bond acceptors (Lipinski definition) is 3. The molecule has 1 aliphatic rings. The van der Waals surface area contributed by atoms with Crippen LogP contribution in [0, 0.1) is 5.92 Å². The van der Waals surface area contributed by atoms with Gasteiger partial charge in [-0.25, -0.2) is 0 Å². The molecule has 0 aliphatic heterocycles. The van der Waals surface area contributed by atoms with Crippen LogP contribution < -0.4 is 10.1 Å². The fraction of sp³-hybridized carbons (Fsp3) is 0.633. The van der Waals surface area contributed by atoms with Gasteiger partial charge in [0.2, 0.25) is 0 Å². The Bertz CT molecular complexity index is 800. The molecule has 0 spiro atoms. The second-order valence-electron chi connectivity index (χ2n) is 9.72. The Hall–Kier alpha value is -2.07. The maximum absolute atomic E-state index is 10.1. The number of nitrogens with one attached hydrogen (secondary N) is 1. The van der Waals surface area contributed by atoms with E-state index in [2.05, 4.69) is 54.7 Å². The Labute approximate surface area is 207 Å². The van der Waals surface area contributed by atoms with Gasteiger partial charge in [0.15, 0.2) is 0 Å². The number of ether oxygens (including phenoxy) is 1. The molecule has 1 fully saturated rings. The summed E-state index contributed by atoms with van der Waals surface area (Å²) >= 11 is 0. The summed E-state index contributed by atoms with van der Waals surface area (Å²) in [4.78, 5) is 10.1. The van der Waals surface area contributed by atoms with Crippen molar-refractivity contribution in [1.82, 2.24) is 5.32 Å². The molecular weight excluding hydrogens is 422 g/mol. The fourth-order valence-electron chi connectivity index (χ4n) is 4.83. The number of aliphatic carboxylic acids is 1. The van der Waals surface area contributed by atoms with E-state index in [0.29, 0.717) is 18.4 Å². The number of fused-ring (bicyclic) bond motifs is 1. The Morgan fingerprint density at radius 1 is 0.971 bits per heavy atom. The van der Waals surface area contributed by atoms with Crippen molar-refractivity contribution in [3.05, 3.63) is 42.5 Å². The van der Waals surface area contributed by atoms with Crippen molar-refractivity contribution in [3.63, 3.8) is 0 Å². The number of benzene rings is 2. The van der Waals surface area contributed by atoms with Crippen LogP contribution >= 0.6 is 0 Å². The quantitative estimate of drug-likeness (QED) is 0.275. The van der Waals surface area contributed by atoms with Gasteiger partial charge in [-0.1, -0.05) is 95.0 Å². The van der Waals surface area contributed by atoms with Gasteiger partial charge in [0, 0.05) is 6.42 Å². The third-order valence-electron chi connectivity index (χ3n) is 6.86. The lowest BCUT2D eigenvalue weighted by atomic mass is 9.84. The Balaban J connectivity index is 0.000000292. The van der Waals surface area contributed by atoms with Gasteiger partial charge in [0.05, 0.1) is 0 Å². The van der Waals surface area contributed by atoms with Gasteiger partial charge < -0.3 is 15.2 Å². The van der Waals surface area contributed by atoms with Gasteiger partial charge in [-0.2, -0.15) is 0 Å². The zero-order valence-electron chi connectivity index (χ0n) is 21.6. The van der Waals surface area contributed by atoms with E-state index in [1.165, 1.54) is 75.0 Å². The predicted molar refractivity (Wildman–Crippen MR) is 144 cm³/mol. The van der Waals surface area contributed by atoms with E-state index in [1.54, 1.807) is 0 Å². The van der Waals surface area contributed by atoms with E-state index in [-0.39, 0.29) is 0 Å².